The molecule has 0 aliphatic carbocycles. The highest BCUT2D eigenvalue weighted by atomic mass is 16.2. The Morgan fingerprint density at radius 2 is 1.97 bits per heavy atom. The summed E-state index contributed by atoms with van der Waals surface area (Å²) in [6.45, 7) is 4.79. The Hall–Kier alpha value is -3.46. The summed E-state index contributed by atoms with van der Waals surface area (Å²) in [5.41, 5.74) is 4.72. The molecule has 3 aliphatic heterocycles. The van der Waals surface area contributed by atoms with E-state index in [1.165, 1.54) is 0 Å². The van der Waals surface area contributed by atoms with Gasteiger partial charge in [0.1, 0.15) is 6.04 Å². The fourth-order valence-corrected chi connectivity index (χ4v) is 4.63. The molecule has 0 saturated carbocycles. The van der Waals surface area contributed by atoms with E-state index in [4.69, 9.17) is 0 Å². The van der Waals surface area contributed by atoms with Gasteiger partial charge in [-0.3, -0.25) is 24.7 Å². The summed E-state index contributed by atoms with van der Waals surface area (Å²) in [5, 5.41) is 9.22. The summed E-state index contributed by atoms with van der Waals surface area (Å²) in [4.78, 5) is 44.7. The Morgan fingerprint density at radius 1 is 1.12 bits per heavy atom. The van der Waals surface area contributed by atoms with Crippen molar-refractivity contribution in [3.05, 3.63) is 53.3 Å². The molecule has 0 bridgehead atoms. The molecule has 5 rings (SSSR count). The summed E-state index contributed by atoms with van der Waals surface area (Å²) < 4.78 is 0. The molecule has 3 aliphatic rings. The molecule has 2 saturated heterocycles. The number of carbonyl (C=O) groups excluding carboxylic acids is 3. The number of nitrogens with one attached hydrogen (secondary N) is 3. The van der Waals surface area contributed by atoms with Gasteiger partial charge < -0.3 is 20.4 Å². The zero-order valence-corrected chi connectivity index (χ0v) is 17.8. The molecule has 1 aromatic heterocycles. The number of hydrogen-bond donors (Lipinski definition) is 3. The van der Waals surface area contributed by atoms with Crippen LogP contribution in [0.5, 0.6) is 0 Å². The van der Waals surface area contributed by atoms with Crippen molar-refractivity contribution in [2.24, 2.45) is 0 Å². The zero-order chi connectivity index (χ0) is 22.1. The van der Waals surface area contributed by atoms with E-state index in [1.807, 2.05) is 30.5 Å². The minimum atomic E-state index is -0.590. The number of nitrogens with zero attached hydrogens (tertiary/aromatic N) is 3. The van der Waals surface area contributed by atoms with Gasteiger partial charge in [0.15, 0.2) is 0 Å². The van der Waals surface area contributed by atoms with Crippen molar-refractivity contribution >= 4 is 29.1 Å². The fourth-order valence-electron chi connectivity index (χ4n) is 4.63. The molecule has 32 heavy (non-hydrogen) atoms. The van der Waals surface area contributed by atoms with Crippen LogP contribution in [0.1, 0.15) is 34.3 Å². The second-order valence-electron chi connectivity index (χ2n) is 8.37. The number of aromatic nitrogens is 1. The maximum atomic E-state index is 12.9. The zero-order valence-electron chi connectivity index (χ0n) is 17.8. The van der Waals surface area contributed by atoms with Crippen LogP contribution in [0.15, 0.2) is 36.7 Å². The molecular formula is C23H26N6O3. The number of piperazine rings is 1. The van der Waals surface area contributed by atoms with Crippen molar-refractivity contribution in [1.82, 2.24) is 20.5 Å². The minimum Gasteiger partial charge on any atom is -0.379 e. The third kappa shape index (κ3) is 3.91. The molecule has 3 amide bonds. The molecule has 1 aromatic carbocycles. The lowest BCUT2D eigenvalue weighted by Crippen LogP contribution is -2.52. The first-order chi connectivity index (χ1) is 15.6. The molecular weight excluding hydrogens is 408 g/mol. The van der Waals surface area contributed by atoms with Crippen LogP contribution < -0.4 is 20.9 Å². The molecule has 3 N–H and O–H groups in total. The lowest BCUT2D eigenvalue weighted by atomic mass is 10.0. The van der Waals surface area contributed by atoms with Crippen molar-refractivity contribution in [2.45, 2.75) is 32.0 Å². The van der Waals surface area contributed by atoms with Crippen LogP contribution in [0.25, 0.3) is 0 Å². The van der Waals surface area contributed by atoms with Crippen molar-refractivity contribution in [3.8, 4) is 0 Å². The van der Waals surface area contributed by atoms with Crippen LogP contribution in [0, 0.1) is 0 Å². The summed E-state index contributed by atoms with van der Waals surface area (Å²) >= 11 is 0. The Labute approximate surface area is 186 Å². The largest absolute Gasteiger partial charge is 0.379 e. The van der Waals surface area contributed by atoms with Gasteiger partial charge in [0.2, 0.25) is 11.8 Å². The van der Waals surface area contributed by atoms with Crippen LogP contribution in [-0.2, 0) is 22.7 Å². The fraction of sp³-hybridized carbons (Fsp3) is 0.391. The minimum absolute atomic E-state index is 0.149. The van der Waals surface area contributed by atoms with E-state index in [-0.39, 0.29) is 24.1 Å². The second-order valence-corrected chi connectivity index (χ2v) is 8.37. The standard InChI is InChI=1S/C23H26N6O3/c30-21-4-3-19(22(31)27-21)29-14-16-11-15(1-2-17(16)23(29)32)12-26-18-5-6-25-13-20(18)28-9-7-24-8-10-28/h1-2,5-6,11,13,19,24H,3-4,7-10,12,14H2,(H,25,26)(H,27,30,31). The van der Waals surface area contributed by atoms with Gasteiger partial charge in [-0.05, 0) is 29.7 Å². The van der Waals surface area contributed by atoms with Gasteiger partial charge in [-0.25, -0.2) is 0 Å². The molecule has 4 heterocycles. The second kappa shape index (κ2) is 8.58. The smallest absolute Gasteiger partial charge is 0.255 e. The van der Waals surface area contributed by atoms with Crippen LogP contribution in [0.4, 0.5) is 11.4 Å². The molecule has 1 unspecified atom stereocenters. The van der Waals surface area contributed by atoms with Crippen molar-refractivity contribution < 1.29 is 14.4 Å². The Bertz CT molecular complexity index is 1070. The number of anilines is 2. The lowest BCUT2D eigenvalue weighted by molar-refractivity contribution is -0.136. The number of rotatable bonds is 5. The van der Waals surface area contributed by atoms with Crippen LogP contribution in [0.2, 0.25) is 0 Å². The predicted octanol–water partition coefficient (Wildman–Crippen LogP) is 0.864. The van der Waals surface area contributed by atoms with E-state index in [9.17, 15) is 14.4 Å². The molecule has 2 fully saturated rings. The van der Waals surface area contributed by atoms with Crippen molar-refractivity contribution in [2.75, 3.05) is 36.4 Å². The average Bonchev–Trinajstić information content (AvgIpc) is 3.14. The summed E-state index contributed by atoms with van der Waals surface area (Å²) in [6, 6.07) is 7.21. The summed E-state index contributed by atoms with van der Waals surface area (Å²) in [5.74, 6) is -0.813. The van der Waals surface area contributed by atoms with E-state index in [0.29, 0.717) is 25.1 Å². The van der Waals surface area contributed by atoms with Crippen LogP contribution in [0.3, 0.4) is 0 Å². The number of fused-ring (bicyclic) bond motifs is 1. The number of benzene rings is 1. The van der Waals surface area contributed by atoms with E-state index >= 15 is 0 Å². The summed E-state index contributed by atoms with van der Waals surface area (Å²) in [7, 11) is 0. The molecule has 1 atom stereocenters. The van der Waals surface area contributed by atoms with Gasteiger partial charge >= 0.3 is 0 Å². The number of amides is 3. The van der Waals surface area contributed by atoms with Crippen molar-refractivity contribution in [1.29, 1.82) is 0 Å². The molecule has 166 valence electrons. The molecule has 9 nitrogen and oxygen atoms in total. The van der Waals surface area contributed by atoms with Gasteiger partial charge in [-0.1, -0.05) is 12.1 Å². The van der Waals surface area contributed by atoms with Gasteiger partial charge in [-0.15, -0.1) is 0 Å². The quantitative estimate of drug-likeness (QED) is 0.600. The van der Waals surface area contributed by atoms with Gasteiger partial charge in [0.05, 0.1) is 17.6 Å². The van der Waals surface area contributed by atoms with Gasteiger partial charge in [0, 0.05) is 57.4 Å². The van der Waals surface area contributed by atoms with Crippen LogP contribution in [-0.4, -0.2) is 59.8 Å². The third-order valence-corrected chi connectivity index (χ3v) is 6.33. The third-order valence-electron chi connectivity index (χ3n) is 6.33. The SMILES string of the molecule is O=C1CCC(N2Cc3cc(CNc4ccncc4N4CCNCC4)ccc3C2=O)C(=O)N1. The highest BCUT2D eigenvalue weighted by molar-refractivity contribution is 6.05. The first kappa shape index (κ1) is 20.4. The van der Waals surface area contributed by atoms with Gasteiger partial charge in [0.25, 0.3) is 5.91 Å². The first-order valence-corrected chi connectivity index (χ1v) is 11.0. The van der Waals surface area contributed by atoms with Crippen LogP contribution >= 0.6 is 0 Å². The predicted molar refractivity (Wildman–Crippen MR) is 119 cm³/mol. The molecule has 0 spiro atoms. The summed E-state index contributed by atoms with van der Waals surface area (Å²) in [6.07, 6.45) is 4.31. The highest BCUT2D eigenvalue weighted by Crippen LogP contribution is 2.29. The monoisotopic (exact) mass is 434 g/mol. The Morgan fingerprint density at radius 3 is 2.78 bits per heavy atom. The maximum absolute atomic E-state index is 12.9. The average molecular weight is 435 g/mol. The topological polar surface area (TPSA) is 107 Å². The van der Waals surface area contributed by atoms with Crippen molar-refractivity contribution in [3.63, 3.8) is 0 Å². The lowest BCUT2D eigenvalue weighted by Gasteiger charge is -2.30. The maximum Gasteiger partial charge on any atom is 0.255 e. The number of hydrogen-bond acceptors (Lipinski definition) is 7. The number of imide groups is 1. The normalized spacial score (nSPS) is 20.9. The highest BCUT2D eigenvalue weighted by Gasteiger charge is 2.39. The Balaban J connectivity index is 1.28. The molecule has 0 radical (unpaired) electrons. The number of pyridine rings is 1. The van der Waals surface area contributed by atoms with E-state index in [2.05, 4.69) is 25.8 Å². The molecule has 9 heteroatoms. The number of piperidine rings is 1. The number of carbonyl (C=O) groups is 3. The van der Waals surface area contributed by atoms with E-state index < -0.39 is 6.04 Å². The Kier molecular flexibility index (Phi) is 5.48. The first-order valence-electron chi connectivity index (χ1n) is 11.0. The molecule has 2 aromatic rings. The van der Waals surface area contributed by atoms with E-state index in [1.54, 1.807) is 11.1 Å². The van der Waals surface area contributed by atoms with E-state index in [0.717, 1.165) is 48.7 Å². The van der Waals surface area contributed by atoms with Gasteiger partial charge in [-0.2, -0.15) is 0 Å².